The summed E-state index contributed by atoms with van der Waals surface area (Å²) in [5.74, 6) is -0.0739. The largest absolute Gasteiger partial charge is 0.487 e. The Morgan fingerprint density at radius 1 is 1.35 bits per heavy atom. The van der Waals surface area contributed by atoms with Gasteiger partial charge in [-0.05, 0) is 24.3 Å². The van der Waals surface area contributed by atoms with Crippen LogP contribution in [0.5, 0.6) is 5.75 Å². The molecule has 1 heterocycles. The zero-order valence-corrected chi connectivity index (χ0v) is 11.8. The minimum Gasteiger partial charge on any atom is -0.487 e. The van der Waals surface area contributed by atoms with E-state index in [4.69, 9.17) is 4.74 Å². The normalized spacial score (nSPS) is 10.3. The number of benzene rings is 1. The number of nitro groups is 1. The molecule has 0 aliphatic rings. The molecule has 0 atom stereocenters. The van der Waals surface area contributed by atoms with E-state index in [0.29, 0.717) is 11.1 Å². The molecule has 0 N–H and O–H groups in total. The first-order valence-electron chi connectivity index (χ1n) is 5.66. The number of nitro benzene ring substituents is 1. The van der Waals surface area contributed by atoms with Gasteiger partial charge in [0.05, 0.1) is 22.4 Å². The molecule has 1 aromatic heterocycles. The molecule has 0 spiro atoms. The first kappa shape index (κ1) is 14.4. The highest BCUT2D eigenvalue weighted by Gasteiger charge is 2.14. The lowest BCUT2D eigenvalue weighted by Crippen LogP contribution is -2.01. The number of aromatic nitrogens is 1. The molecule has 5 nitrogen and oxygen atoms in total. The fraction of sp³-hybridized carbons (Fsp3) is 0.154. The molecule has 0 amide bonds. The van der Waals surface area contributed by atoms with Crippen LogP contribution in [-0.2, 0) is 11.9 Å². The number of alkyl halides is 1. The monoisotopic (exact) mass is 340 g/mol. The lowest BCUT2D eigenvalue weighted by atomic mass is 10.2. The molecule has 104 valence electrons. The molecule has 0 saturated carbocycles. The number of hydrogen-bond donors (Lipinski definition) is 0. The van der Waals surface area contributed by atoms with Gasteiger partial charge in [-0.2, -0.15) is 0 Å². The maximum atomic E-state index is 13.1. The molecule has 1 aromatic carbocycles. The second kappa shape index (κ2) is 6.42. The summed E-state index contributed by atoms with van der Waals surface area (Å²) in [7, 11) is 0. The van der Waals surface area contributed by atoms with Crippen LogP contribution in [0.25, 0.3) is 0 Å². The Labute approximate surface area is 122 Å². The van der Waals surface area contributed by atoms with E-state index >= 15 is 0 Å². The summed E-state index contributed by atoms with van der Waals surface area (Å²) in [6.45, 7) is -0.0938. The van der Waals surface area contributed by atoms with Crippen molar-refractivity contribution in [2.24, 2.45) is 0 Å². The van der Waals surface area contributed by atoms with Crippen LogP contribution in [0.2, 0.25) is 0 Å². The van der Waals surface area contributed by atoms with Crippen LogP contribution in [0.3, 0.4) is 0 Å². The van der Waals surface area contributed by atoms with E-state index in [9.17, 15) is 14.5 Å². The van der Waals surface area contributed by atoms with Gasteiger partial charge in [0.15, 0.2) is 0 Å². The summed E-state index contributed by atoms with van der Waals surface area (Å²) in [5.41, 5.74) is 0.852. The zero-order valence-electron chi connectivity index (χ0n) is 10.3. The Morgan fingerprint density at radius 2 is 2.15 bits per heavy atom. The molecule has 0 aliphatic heterocycles. The number of nitrogens with zero attached hydrogens (tertiary/aromatic N) is 2. The highest BCUT2D eigenvalue weighted by atomic mass is 79.9. The van der Waals surface area contributed by atoms with Crippen LogP contribution in [0.1, 0.15) is 11.3 Å². The summed E-state index contributed by atoms with van der Waals surface area (Å²) in [4.78, 5) is 14.4. The predicted molar refractivity (Wildman–Crippen MR) is 74.3 cm³/mol. The maximum absolute atomic E-state index is 13.1. The lowest BCUT2D eigenvalue weighted by molar-refractivity contribution is -0.385. The Morgan fingerprint density at radius 3 is 2.75 bits per heavy atom. The van der Waals surface area contributed by atoms with Crippen LogP contribution in [0.4, 0.5) is 10.1 Å². The molecule has 20 heavy (non-hydrogen) atoms. The third kappa shape index (κ3) is 3.51. The maximum Gasteiger partial charge on any atom is 0.276 e. The Kier molecular flexibility index (Phi) is 4.62. The fourth-order valence-electron chi connectivity index (χ4n) is 1.58. The minimum absolute atomic E-state index is 0.0938. The third-order valence-electron chi connectivity index (χ3n) is 2.57. The van der Waals surface area contributed by atoms with E-state index < -0.39 is 10.7 Å². The van der Waals surface area contributed by atoms with Crippen LogP contribution < -0.4 is 4.74 Å². The average Bonchev–Trinajstić information content (AvgIpc) is 2.45. The number of hydrogen-bond acceptors (Lipinski definition) is 4. The predicted octanol–water partition coefficient (Wildman–Crippen LogP) is 3.60. The van der Waals surface area contributed by atoms with E-state index in [2.05, 4.69) is 20.9 Å². The number of rotatable bonds is 5. The first-order valence-corrected chi connectivity index (χ1v) is 6.79. The molecule has 0 bridgehead atoms. The molecule has 0 saturated heterocycles. The molecule has 2 rings (SSSR count). The molecule has 2 aromatic rings. The summed E-state index contributed by atoms with van der Waals surface area (Å²) >= 11 is 3.27. The van der Waals surface area contributed by atoms with Gasteiger partial charge in [0.2, 0.25) is 0 Å². The smallest absolute Gasteiger partial charge is 0.276 e. The second-order valence-corrected chi connectivity index (χ2v) is 4.50. The van der Waals surface area contributed by atoms with Gasteiger partial charge >= 0.3 is 0 Å². The first-order chi connectivity index (χ1) is 9.60. The number of ether oxygens (including phenoxy) is 1. The van der Waals surface area contributed by atoms with Gasteiger partial charge in [-0.15, -0.1) is 0 Å². The lowest BCUT2D eigenvalue weighted by Gasteiger charge is -2.07. The Hall–Kier alpha value is -2.02. The highest BCUT2D eigenvalue weighted by Crippen LogP contribution is 2.21. The van der Waals surface area contributed by atoms with E-state index in [0.717, 1.165) is 23.9 Å². The van der Waals surface area contributed by atoms with Crippen molar-refractivity contribution in [2.45, 2.75) is 11.9 Å². The molecule has 0 fully saturated rings. The van der Waals surface area contributed by atoms with Crippen molar-refractivity contribution in [2.75, 3.05) is 0 Å². The van der Waals surface area contributed by atoms with Crippen molar-refractivity contribution >= 4 is 21.6 Å². The molecular weight excluding hydrogens is 331 g/mol. The van der Waals surface area contributed by atoms with Crippen molar-refractivity contribution in [1.29, 1.82) is 0 Å². The minimum atomic E-state index is -0.565. The molecule has 0 aliphatic carbocycles. The van der Waals surface area contributed by atoms with E-state index in [1.165, 1.54) is 6.20 Å². The van der Waals surface area contributed by atoms with Gasteiger partial charge in [-0.1, -0.05) is 15.9 Å². The van der Waals surface area contributed by atoms with Crippen LogP contribution in [-0.4, -0.2) is 9.91 Å². The van der Waals surface area contributed by atoms with E-state index in [1.807, 2.05) is 0 Å². The van der Waals surface area contributed by atoms with Gasteiger partial charge in [0.1, 0.15) is 18.2 Å². The van der Waals surface area contributed by atoms with Crippen molar-refractivity contribution in [3.63, 3.8) is 0 Å². The topological polar surface area (TPSA) is 65.3 Å². The molecule has 7 heteroatoms. The average molecular weight is 341 g/mol. The second-order valence-electron chi connectivity index (χ2n) is 3.94. The number of halogens is 2. The SMILES string of the molecule is O=[N+]([O-])c1ccc(F)cc1COc1ccc(CBr)nc1. The van der Waals surface area contributed by atoms with Gasteiger partial charge in [0.25, 0.3) is 5.69 Å². The van der Waals surface area contributed by atoms with Crippen molar-refractivity contribution < 1.29 is 14.1 Å². The van der Waals surface area contributed by atoms with Gasteiger partial charge in [0, 0.05) is 11.4 Å². The summed E-state index contributed by atoms with van der Waals surface area (Å²) < 4.78 is 18.5. The molecule has 0 radical (unpaired) electrons. The van der Waals surface area contributed by atoms with Crippen LogP contribution in [0.15, 0.2) is 36.5 Å². The van der Waals surface area contributed by atoms with E-state index in [-0.39, 0.29) is 17.9 Å². The van der Waals surface area contributed by atoms with Crippen LogP contribution in [0, 0.1) is 15.9 Å². The Bertz CT molecular complexity index is 620. The summed E-state index contributed by atoms with van der Waals surface area (Å²) in [6.07, 6.45) is 1.52. The summed E-state index contributed by atoms with van der Waals surface area (Å²) in [5, 5.41) is 11.5. The van der Waals surface area contributed by atoms with Crippen LogP contribution >= 0.6 is 15.9 Å². The van der Waals surface area contributed by atoms with Gasteiger partial charge in [-0.25, -0.2) is 4.39 Å². The Balaban J connectivity index is 2.13. The summed E-state index contributed by atoms with van der Waals surface area (Å²) in [6, 6.07) is 6.74. The standard InChI is InChI=1S/C13H10BrFN2O3/c14-6-11-2-3-12(7-16-11)20-8-9-5-10(15)1-4-13(9)17(18)19/h1-5,7H,6,8H2. The quantitative estimate of drug-likeness (QED) is 0.473. The molecular formula is C13H10BrFN2O3. The van der Waals surface area contributed by atoms with E-state index in [1.54, 1.807) is 12.1 Å². The van der Waals surface area contributed by atoms with Crippen molar-refractivity contribution in [3.05, 3.63) is 63.7 Å². The highest BCUT2D eigenvalue weighted by molar-refractivity contribution is 9.08. The van der Waals surface area contributed by atoms with Crippen molar-refractivity contribution in [1.82, 2.24) is 4.98 Å². The molecule has 0 unspecified atom stereocenters. The third-order valence-corrected chi connectivity index (χ3v) is 3.14. The van der Waals surface area contributed by atoms with Crippen molar-refractivity contribution in [3.8, 4) is 5.75 Å². The van der Waals surface area contributed by atoms with Gasteiger partial charge < -0.3 is 4.74 Å². The fourth-order valence-corrected chi connectivity index (χ4v) is 1.92. The number of pyridine rings is 1. The zero-order chi connectivity index (χ0) is 14.5. The van der Waals surface area contributed by atoms with Gasteiger partial charge in [-0.3, -0.25) is 15.1 Å².